The summed E-state index contributed by atoms with van der Waals surface area (Å²) in [6.45, 7) is 0.991. The first-order chi connectivity index (χ1) is 16.7. The number of fused-ring (bicyclic) bond motifs is 1. The first-order valence-corrected chi connectivity index (χ1v) is 13.0. The van der Waals surface area contributed by atoms with E-state index in [9.17, 15) is 22.8 Å². The minimum Gasteiger partial charge on any atom is -0.497 e. The lowest BCUT2D eigenvalue weighted by Gasteiger charge is -2.31. The summed E-state index contributed by atoms with van der Waals surface area (Å²) >= 11 is 0. The second-order valence-electron chi connectivity index (χ2n) is 8.85. The van der Waals surface area contributed by atoms with Crippen molar-refractivity contribution in [1.29, 1.82) is 0 Å². The van der Waals surface area contributed by atoms with Gasteiger partial charge in [-0.2, -0.15) is 0 Å². The van der Waals surface area contributed by atoms with Gasteiger partial charge in [0, 0.05) is 12.6 Å². The Hall–Kier alpha value is -3.40. The predicted molar refractivity (Wildman–Crippen MR) is 128 cm³/mol. The molecule has 9 nitrogen and oxygen atoms in total. The fourth-order valence-corrected chi connectivity index (χ4v) is 6.02. The molecule has 10 heteroatoms. The van der Waals surface area contributed by atoms with Crippen LogP contribution in [0.3, 0.4) is 0 Å². The van der Waals surface area contributed by atoms with Gasteiger partial charge in [0.05, 0.1) is 12.7 Å². The average Bonchev–Trinajstić information content (AvgIpc) is 3.43. The van der Waals surface area contributed by atoms with E-state index in [1.807, 2.05) is 0 Å². The number of hydrogen-bond acceptors (Lipinski definition) is 6. The number of carbonyl (C=O) groups is 3. The molecule has 2 aromatic rings. The fourth-order valence-electron chi connectivity index (χ4n) is 4.50. The minimum atomic E-state index is -4.15. The second-order valence-corrected chi connectivity index (χ2v) is 10.7. The van der Waals surface area contributed by atoms with Crippen LogP contribution in [0.5, 0.6) is 5.75 Å². The molecule has 0 unspecified atom stereocenters. The van der Waals surface area contributed by atoms with E-state index < -0.39 is 34.4 Å². The molecule has 2 aromatic carbocycles. The minimum absolute atomic E-state index is 0.0361. The number of ether oxygens (including phenoxy) is 1. The lowest BCUT2D eigenvalue weighted by atomic mass is 10.1. The average molecular weight is 500 g/mol. The van der Waals surface area contributed by atoms with E-state index in [0.717, 1.165) is 31.2 Å². The maximum atomic E-state index is 13.5. The molecule has 0 aromatic heterocycles. The monoisotopic (exact) mass is 499 g/mol. The van der Waals surface area contributed by atoms with Gasteiger partial charge in [-0.05, 0) is 49.6 Å². The van der Waals surface area contributed by atoms with Gasteiger partial charge >= 0.3 is 0 Å². The predicted octanol–water partition coefficient (Wildman–Crippen LogP) is 2.32. The first kappa shape index (κ1) is 24.7. The number of rotatable bonds is 8. The van der Waals surface area contributed by atoms with Crippen LogP contribution >= 0.6 is 0 Å². The zero-order valence-electron chi connectivity index (χ0n) is 19.8. The van der Waals surface area contributed by atoms with Gasteiger partial charge in [-0.3, -0.25) is 14.4 Å². The van der Waals surface area contributed by atoms with Crippen LogP contribution in [0, 0.1) is 0 Å². The lowest BCUT2D eigenvalue weighted by Crippen LogP contribution is -2.52. The number of amides is 3. The third-order valence-electron chi connectivity index (χ3n) is 6.57. The summed E-state index contributed by atoms with van der Waals surface area (Å²) in [4.78, 5) is 40.5. The normalized spacial score (nSPS) is 17.7. The van der Waals surface area contributed by atoms with Crippen LogP contribution in [0.1, 0.15) is 48.5 Å². The van der Waals surface area contributed by atoms with E-state index >= 15 is 0 Å². The van der Waals surface area contributed by atoms with Crippen LogP contribution in [-0.2, 0) is 26.2 Å². The number of sulfonamides is 1. The molecule has 0 spiro atoms. The quantitative estimate of drug-likeness (QED) is 0.596. The van der Waals surface area contributed by atoms with Crippen molar-refractivity contribution in [2.24, 2.45) is 0 Å². The summed E-state index contributed by atoms with van der Waals surface area (Å²) in [5, 5.41) is 3.00. The first-order valence-electron chi connectivity index (χ1n) is 11.6. The maximum absolute atomic E-state index is 13.5. The zero-order valence-corrected chi connectivity index (χ0v) is 20.6. The number of hydrogen-bond donors (Lipinski definition) is 1. The summed E-state index contributed by atoms with van der Waals surface area (Å²) < 4.78 is 31.7. The van der Waals surface area contributed by atoms with Gasteiger partial charge in [0.2, 0.25) is 11.8 Å². The number of nitrogens with one attached hydrogen (secondary N) is 1. The molecule has 0 radical (unpaired) electrons. The topological polar surface area (TPSA) is 113 Å². The Bertz CT molecular complexity index is 1220. The third-order valence-corrected chi connectivity index (χ3v) is 8.36. The summed E-state index contributed by atoms with van der Waals surface area (Å²) in [6, 6.07) is 12.1. The molecular formula is C25H29N3O6S. The van der Waals surface area contributed by atoms with E-state index in [1.165, 1.54) is 23.1 Å². The lowest BCUT2D eigenvalue weighted by molar-refractivity contribution is -0.140. The molecule has 2 aliphatic rings. The van der Waals surface area contributed by atoms with Crippen LogP contribution < -0.4 is 10.1 Å². The van der Waals surface area contributed by atoms with Gasteiger partial charge in [0.25, 0.3) is 15.9 Å². The van der Waals surface area contributed by atoms with Crippen LogP contribution in [0.4, 0.5) is 0 Å². The molecule has 1 aliphatic carbocycles. The smallest absolute Gasteiger partial charge is 0.269 e. The molecule has 3 amide bonds. The summed E-state index contributed by atoms with van der Waals surface area (Å²) in [7, 11) is -2.60. The van der Waals surface area contributed by atoms with Crippen LogP contribution in [-0.4, -0.2) is 61.1 Å². The Kier molecular flexibility index (Phi) is 7.11. The van der Waals surface area contributed by atoms with E-state index in [0.29, 0.717) is 10.1 Å². The summed E-state index contributed by atoms with van der Waals surface area (Å²) in [6.07, 6.45) is 3.87. The summed E-state index contributed by atoms with van der Waals surface area (Å²) in [5.41, 5.74) is 0.771. The second kappa shape index (κ2) is 10.1. The molecule has 1 N–H and O–H groups in total. The SMILES string of the molecule is COc1ccc(CN(C(=O)CN2C(=O)c3ccccc3S2(=O)=O)[C@@H](C)C(=O)NC2CCCC2)cc1. The van der Waals surface area contributed by atoms with Gasteiger partial charge in [-0.25, -0.2) is 12.7 Å². The Labute approximate surface area is 205 Å². The van der Waals surface area contributed by atoms with E-state index in [4.69, 9.17) is 4.74 Å². The van der Waals surface area contributed by atoms with Crippen molar-refractivity contribution >= 4 is 27.7 Å². The Morgan fingerprint density at radius 1 is 1.11 bits per heavy atom. The zero-order chi connectivity index (χ0) is 25.2. The van der Waals surface area contributed by atoms with Gasteiger partial charge in [0.15, 0.2) is 0 Å². The number of methoxy groups -OCH3 is 1. The Balaban J connectivity index is 1.57. The van der Waals surface area contributed by atoms with Crippen molar-refractivity contribution in [2.45, 2.75) is 56.1 Å². The third kappa shape index (κ3) is 5.02. The van der Waals surface area contributed by atoms with E-state index in [-0.39, 0.29) is 29.0 Å². The number of nitrogens with zero attached hydrogens (tertiary/aromatic N) is 2. The standard InChI is InChI=1S/C25H29N3O6S/c1-17(24(30)26-19-7-3-4-8-19)27(15-18-11-13-20(34-2)14-12-18)23(29)16-28-25(31)21-9-5-6-10-22(21)35(28,32)33/h5-6,9-14,17,19H,3-4,7-8,15-16H2,1-2H3,(H,26,30)/t17-/m0/s1. The Morgan fingerprint density at radius 3 is 2.40 bits per heavy atom. The number of carbonyl (C=O) groups excluding carboxylic acids is 3. The molecular weight excluding hydrogens is 470 g/mol. The van der Waals surface area contributed by atoms with Gasteiger partial charge in [0.1, 0.15) is 23.2 Å². The van der Waals surface area contributed by atoms with E-state index in [2.05, 4.69) is 5.32 Å². The van der Waals surface area contributed by atoms with Crippen LogP contribution in [0.2, 0.25) is 0 Å². The highest BCUT2D eigenvalue weighted by Crippen LogP contribution is 2.30. The van der Waals surface area contributed by atoms with Gasteiger partial charge < -0.3 is 15.0 Å². The van der Waals surface area contributed by atoms with Crippen molar-refractivity contribution in [3.8, 4) is 5.75 Å². The molecule has 1 saturated carbocycles. The molecule has 4 rings (SSSR count). The van der Waals surface area contributed by atoms with Crippen LogP contribution in [0.25, 0.3) is 0 Å². The number of benzene rings is 2. The van der Waals surface area contributed by atoms with Crippen molar-refractivity contribution in [3.05, 3.63) is 59.7 Å². The molecule has 1 heterocycles. The molecule has 1 atom stereocenters. The largest absolute Gasteiger partial charge is 0.497 e. The molecule has 1 aliphatic heterocycles. The van der Waals surface area contributed by atoms with Crippen molar-refractivity contribution < 1.29 is 27.5 Å². The van der Waals surface area contributed by atoms with Crippen molar-refractivity contribution in [2.75, 3.05) is 13.7 Å². The molecule has 1 fully saturated rings. The molecule has 0 bridgehead atoms. The van der Waals surface area contributed by atoms with Crippen molar-refractivity contribution in [1.82, 2.24) is 14.5 Å². The van der Waals surface area contributed by atoms with Gasteiger partial charge in [-0.15, -0.1) is 0 Å². The highest BCUT2D eigenvalue weighted by molar-refractivity contribution is 7.90. The van der Waals surface area contributed by atoms with E-state index in [1.54, 1.807) is 44.4 Å². The molecule has 186 valence electrons. The van der Waals surface area contributed by atoms with Crippen molar-refractivity contribution in [3.63, 3.8) is 0 Å². The van der Waals surface area contributed by atoms with Crippen LogP contribution in [0.15, 0.2) is 53.4 Å². The molecule has 0 saturated heterocycles. The highest BCUT2D eigenvalue weighted by Gasteiger charge is 2.43. The summed E-state index contributed by atoms with van der Waals surface area (Å²) in [5.74, 6) is -1.05. The fraction of sp³-hybridized carbons (Fsp3) is 0.400. The molecule has 35 heavy (non-hydrogen) atoms. The highest BCUT2D eigenvalue weighted by atomic mass is 32.2. The maximum Gasteiger partial charge on any atom is 0.269 e. The van der Waals surface area contributed by atoms with Gasteiger partial charge in [-0.1, -0.05) is 37.1 Å². The Morgan fingerprint density at radius 2 is 1.77 bits per heavy atom.